The molecule has 3 aromatic rings. The normalized spacial score (nSPS) is 11.7. The van der Waals surface area contributed by atoms with Crippen LogP contribution in [-0.4, -0.2) is 4.98 Å². The number of fused-ring (bicyclic) bond motifs is 3. The number of aromatic amines is 1. The summed E-state index contributed by atoms with van der Waals surface area (Å²) in [6, 6.07) is 13.0. The molecule has 0 atom stereocenters. The molecule has 1 nitrogen and oxygen atoms in total. The number of nitrogens with one attached hydrogen (secondary N) is 1. The zero-order valence-electron chi connectivity index (χ0n) is 21.8. The van der Waals surface area contributed by atoms with Crippen molar-refractivity contribution >= 4 is 33.4 Å². The van der Waals surface area contributed by atoms with E-state index < -0.39 is 0 Å². The lowest BCUT2D eigenvalue weighted by Crippen LogP contribution is -1.87. The number of H-pyrrole nitrogens is 1. The lowest BCUT2D eigenvalue weighted by atomic mass is 10.0. The Hall–Kier alpha value is -1.47. The van der Waals surface area contributed by atoms with Crippen LogP contribution in [0.3, 0.4) is 0 Å². The van der Waals surface area contributed by atoms with E-state index in [4.69, 9.17) is 11.6 Å². The number of halogens is 1. The van der Waals surface area contributed by atoms with Gasteiger partial charge in [-0.3, -0.25) is 0 Å². The van der Waals surface area contributed by atoms with Crippen molar-refractivity contribution in [3.8, 4) is 0 Å². The average Bonchev–Trinajstić information content (AvgIpc) is 3.23. The summed E-state index contributed by atoms with van der Waals surface area (Å²) in [5.74, 6) is 0. The predicted octanol–water partition coefficient (Wildman–Crippen LogP) is 11.6. The van der Waals surface area contributed by atoms with Gasteiger partial charge in [0, 0.05) is 16.3 Å². The van der Waals surface area contributed by atoms with Crippen molar-refractivity contribution in [1.82, 2.24) is 4.98 Å². The Kier molecular flexibility index (Phi) is 13.0. The molecule has 0 bridgehead atoms. The third kappa shape index (κ3) is 9.29. The molecule has 0 aliphatic heterocycles. The minimum atomic E-state index is 0.804. The summed E-state index contributed by atoms with van der Waals surface area (Å²) in [7, 11) is 0. The van der Waals surface area contributed by atoms with Crippen molar-refractivity contribution in [2.75, 3.05) is 0 Å². The first-order valence-corrected chi connectivity index (χ1v) is 14.9. The molecule has 0 saturated heterocycles. The SMILES string of the molecule is CCCCCCCCCCCCCCCCCCCCc1ccc2[nH]c3c(Cl)cccc3c2c1. The van der Waals surface area contributed by atoms with Gasteiger partial charge in [-0.15, -0.1) is 0 Å². The summed E-state index contributed by atoms with van der Waals surface area (Å²) in [5, 5.41) is 3.35. The maximum Gasteiger partial charge on any atom is 0.0654 e. The molecular formula is C32H48ClN. The first kappa shape index (κ1) is 27.1. The Balaban J connectivity index is 1.15. The van der Waals surface area contributed by atoms with Gasteiger partial charge in [-0.25, -0.2) is 0 Å². The molecule has 0 amide bonds. The molecule has 0 fully saturated rings. The quantitative estimate of drug-likeness (QED) is 0.164. The third-order valence-corrected chi connectivity index (χ3v) is 7.78. The fourth-order valence-corrected chi connectivity index (χ4v) is 5.54. The molecule has 0 unspecified atom stereocenters. The van der Waals surface area contributed by atoms with Crippen LogP contribution in [0.4, 0.5) is 0 Å². The van der Waals surface area contributed by atoms with Crippen molar-refractivity contribution in [2.24, 2.45) is 0 Å². The number of hydrogen-bond donors (Lipinski definition) is 1. The molecule has 3 rings (SSSR count). The molecule has 0 radical (unpaired) electrons. The Bertz CT molecular complexity index is 941. The van der Waals surface area contributed by atoms with Crippen LogP contribution < -0.4 is 0 Å². The highest BCUT2D eigenvalue weighted by Crippen LogP contribution is 2.31. The molecule has 1 N–H and O–H groups in total. The molecule has 34 heavy (non-hydrogen) atoms. The Morgan fingerprint density at radius 1 is 0.588 bits per heavy atom. The molecular weight excluding hydrogens is 434 g/mol. The van der Waals surface area contributed by atoms with Crippen molar-refractivity contribution < 1.29 is 0 Å². The van der Waals surface area contributed by atoms with E-state index in [0.29, 0.717) is 0 Å². The minimum Gasteiger partial charge on any atom is -0.353 e. The van der Waals surface area contributed by atoms with Crippen LogP contribution in [0, 0.1) is 0 Å². The largest absolute Gasteiger partial charge is 0.353 e. The summed E-state index contributed by atoms with van der Waals surface area (Å²) < 4.78 is 0. The molecule has 1 heterocycles. The fourth-order valence-electron chi connectivity index (χ4n) is 5.32. The zero-order chi connectivity index (χ0) is 23.8. The van der Waals surface area contributed by atoms with E-state index in [0.717, 1.165) is 10.5 Å². The second-order valence-corrected chi connectivity index (χ2v) is 10.8. The maximum atomic E-state index is 6.36. The van der Waals surface area contributed by atoms with Crippen LogP contribution in [-0.2, 0) is 6.42 Å². The van der Waals surface area contributed by atoms with Crippen LogP contribution in [0.1, 0.15) is 128 Å². The molecule has 0 saturated carbocycles. The van der Waals surface area contributed by atoms with Gasteiger partial charge in [0.15, 0.2) is 0 Å². The highest BCUT2D eigenvalue weighted by molar-refractivity contribution is 6.36. The van der Waals surface area contributed by atoms with Gasteiger partial charge in [-0.2, -0.15) is 0 Å². The van der Waals surface area contributed by atoms with E-state index in [2.05, 4.69) is 36.2 Å². The number of hydrogen-bond acceptors (Lipinski definition) is 0. The van der Waals surface area contributed by atoms with Gasteiger partial charge in [0.1, 0.15) is 0 Å². The van der Waals surface area contributed by atoms with Crippen LogP contribution >= 0.6 is 11.6 Å². The number of benzene rings is 2. The highest BCUT2D eigenvalue weighted by Gasteiger charge is 2.07. The zero-order valence-corrected chi connectivity index (χ0v) is 22.5. The lowest BCUT2D eigenvalue weighted by Gasteiger charge is -2.04. The highest BCUT2D eigenvalue weighted by atomic mass is 35.5. The summed E-state index contributed by atoms with van der Waals surface area (Å²) in [6.07, 6.45) is 26.9. The number of aromatic nitrogens is 1. The summed E-state index contributed by atoms with van der Waals surface area (Å²) in [4.78, 5) is 3.47. The van der Waals surface area contributed by atoms with Gasteiger partial charge in [-0.05, 0) is 36.6 Å². The van der Waals surface area contributed by atoms with Crippen LogP contribution in [0.2, 0.25) is 5.02 Å². The van der Waals surface area contributed by atoms with Crippen molar-refractivity contribution in [3.63, 3.8) is 0 Å². The molecule has 0 aliphatic rings. The van der Waals surface area contributed by atoms with E-state index in [1.807, 2.05) is 12.1 Å². The third-order valence-electron chi connectivity index (χ3n) is 7.47. The Labute approximate surface area is 214 Å². The van der Waals surface area contributed by atoms with Crippen molar-refractivity contribution in [2.45, 2.75) is 129 Å². The molecule has 188 valence electrons. The van der Waals surface area contributed by atoms with Crippen LogP contribution in [0.5, 0.6) is 0 Å². The standard InChI is InChI=1S/C32H48ClN/c1-2-3-4-5-6-7-8-9-10-11-12-13-14-15-16-17-18-19-21-27-24-25-31-29(26-27)28-22-20-23-30(33)32(28)34-31/h20,22-26,34H,2-19,21H2,1H3. The number of para-hydroxylation sites is 1. The summed E-state index contributed by atoms with van der Waals surface area (Å²) >= 11 is 6.36. The lowest BCUT2D eigenvalue weighted by molar-refractivity contribution is 0.525. The molecule has 2 heteroatoms. The molecule has 2 aromatic carbocycles. The molecule has 1 aromatic heterocycles. The van der Waals surface area contributed by atoms with E-state index in [9.17, 15) is 0 Å². The van der Waals surface area contributed by atoms with Crippen molar-refractivity contribution in [3.05, 3.63) is 47.0 Å². The first-order chi connectivity index (χ1) is 16.8. The van der Waals surface area contributed by atoms with E-state index in [-0.39, 0.29) is 0 Å². The van der Waals surface area contributed by atoms with Gasteiger partial charge in [0.25, 0.3) is 0 Å². The monoisotopic (exact) mass is 481 g/mol. The maximum absolute atomic E-state index is 6.36. The van der Waals surface area contributed by atoms with Gasteiger partial charge in [0.2, 0.25) is 0 Å². The summed E-state index contributed by atoms with van der Waals surface area (Å²) in [6.45, 7) is 2.30. The Morgan fingerprint density at radius 2 is 1.12 bits per heavy atom. The predicted molar refractivity (Wildman–Crippen MR) is 153 cm³/mol. The number of aryl methyl sites for hydroxylation is 1. The molecule has 0 spiro atoms. The van der Waals surface area contributed by atoms with Crippen LogP contribution in [0.25, 0.3) is 21.8 Å². The summed E-state index contributed by atoms with van der Waals surface area (Å²) in [5.41, 5.74) is 3.69. The first-order valence-electron chi connectivity index (χ1n) is 14.5. The molecule has 0 aliphatic carbocycles. The van der Waals surface area contributed by atoms with Gasteiger partial charge in [0.05, 0.1) is 10.5 Å². The number of rotatable bonds is 19. The van der Waals surface area contributed by atoms with Gasteiger partial charge >= 0.3 is 0 Å². The second-order valence-electron chi connectivity index (χ2n) is 10.4. The average molecular weight is 482 g/mol. The fraction of sp³-hybridized carbons (Fsp3) is 0.625. The van der Waals surface area contributed by atoms with E-state index >= 15 is 0 Å². The van der Waals surface area contributed by atoms with Gasteiger partial charge in [-0.1, -0.05) is 146 Å². The second kappa shape index (κ2) is 16.2. The van der Waals surface area contributed by atoms with E-state index in [1.165, 1.54) is 144 Å². The topological polar surface area (TPSA) is 15.8 Å². The Morgan fingerprint density at radius 3 is 1.68 bits per heavy atom. The smallest absolute Gasteiger partial charge is 0.0654 e. The van der Waals surface area contributed by atoms with E-state index in [1.54, 1.807) is 0 Å². The minimum absolute atomic E-state index is 0.804. The number of unbranched alkanes of at least 4 members (excludes halogenated alkanes) is 17. The van der Waals surface area contributed by atoms with Crippen LogP contribution in [0.15, 0.2) is 36.4 Å². The van der Waals surface area contributed by atoms with Crippen molar-refractivity contribution in [1.29, 1.82) is 0 Å². The van der Waals surface area contributed by atoms with Gasteiger partial charge < -0.3 is 4.98 Å².